The number of alkyl halides is 1. The number of benzene rings is 1. The Hall–Kier alpha value is -2.02. The summed E-state index contributed by atoms with van der Waals surface area (Å²) in [5.74, 6) is -1.02. The van der Waals surface area contributed by atoms with E-state index in [1.165, 1.54) is 18.2 Å². The molecule has 192 valence electrons. The number of carbonyl (C=O) groups is 1. The number of carbonyl (C=O) groups excluding carboxylic acids is 1. The van der Waals surface area contributed by atoms with Gasteiger partial charge in [0.1, 0.15) is 17.2 Å². The number of piperidine rings is 1. The molecular formula is C28H36ClF2NO3. The third-order valence-corrected chi connectivity index (χ3v) is 6.20. The first kappa shape index (κ1) is 27.6. The van der Waals surface area contributed by atoms with Gasteiger partial charge in [0.05, 0.1) is 18.3 Å². The number of rotatable bonds is 10. The number of likely N-dealkylation sites (tertiary alicyclic amines) is 1. The molecule has 3 rings (SSSR count). The highest BCUT2D eigenvalue weighted by atomic mass is 35.5. The molecule has 1 aromatic carbocycles. The molecule has 1 aliphatic heterocycles. The van der Waals surface area contributed by atoms with Crippen molar-refractivity contribution in [1.82, 2.24) is 4.90 Å². The molecule has 35 heavy (non-hydrogen) atoms. The Morgan fingerprint density at radius 3 is 2.49 bits per heavy atom. The molecule has 0 radical (unpaired) electrons. The minimum atomic E-state index is -0.672. The lowest BCUT2D eigenvalue weighted by Gasteiger charge is -2.32. The maximum absolute atomic E-state index is 14.9. The van der Waals surface area contributed by atoms with Crippen molar-refractivity contribution in [2.45, 2.75) is 70.6 Å². The van der Waals surface area contributed by atoms with Crippen molar-refractivity contribution in [1.29, 1.82) is 0 Å². The molecule has 0 atom stereocenters. The van der Waals surface area contributed by atoms with Crippen LogP contribution in [0.3, 0.4) is 0 Å². The SMILES string of the molecule is C=C(/C=C\C(F)=C/CCl)COC1CCN(Cc2cc(F)c(C(=O)OC(C)(C)C)cc2C2CC2)CC1. The number of esters is 1. The fourth-order valence-electron chi connectivity index (χ4n) is 4.12. The number of hydrogen-bond donors (Lipinski definition) is 0. The van der Waals surface area contributed by atoms with Gasteiger partial charge in [-0.15, -0.1) is 11.6 Å². The molecule has 0 spiro atoms. The van der Waals surface area contributed by atoms with Crippen LogP contribution in [0.4, 0.5) is 8.78 Å². The molecule has 0 amide bonds. The van der Waals surface area contributed by atoms with E-state index in [1.807, 2.05) is 0 Å². The van der Waals surface area contributed by atoms with Crippen LogP contribution in [0, 0.1) is 5.82 Å². The minimum absolute atomic E-state index is 0.0185. The van der Waals surface area contributed by atoms with Gasteiger partial charge in [0, 0.05) is 25.5 Å². The van der Waals surface area contributed by atoms with Gasteiger partial charge in [0.15, 0.2) is 0 Å². The average molecular weight is 508 g/mol. The molecule has 0 aromatic heterocycles. The average Bonchev–Trinajstić information content (AvgIpc) is 3.61. The van der Waals surface area contributed by atoms with E-state index in [1.54, 1.807) is 32.9 Å². The van der Waals surface area contributed by atoms with E-state index >= 15 is 0 Å². The van der Waals surface area contributed by atoms with Crippen LogP contribution in [-0.2, 0) is 16.0 Å². The summed E-state index contributed by atoms with van der Waals surface area (Å²) in [6.07, 6.45) is 8.16. The summed E-state index contributed by atoms with van der Waals surface area (Å²) in [7, 11) is 0. The van der Waals surface area contributed by atoms with E-state index in [0.29, 0.717) is 24.6 Å². The molecule has 1 saturated carbocycles. The van der Waals surface area contributed by atoms with E-state index in [0.717, 1.165) is 49.9 Å². The summed E-state index contributed by atoms with van der Waals surface area (Å²) in [5.41, 5.74) is 2.05. The van der Waals surface area contributed by atoms with Crippen LogP contribution in [0.2, 0.25) is 0 Å². The van der Waals surface area contributed by atoms with Crippen LogP contribution in [0.1, 0.15) is 73.9 Å². The molecule has 4 nitrogen and oxygen atoms in total. The molecule has 1 aliphatic carbocycles. The second-order valence-corrected chi connectivity index (χ2v) is 10.6. The summed E-state index contributed by atoms with van der Waals surface area (Å²) in [6.45, 7) is 11.9. The maximum Gasteiger partial charge on any atom is 0.341 e. The Balaban J connectivity index is 1.54. The largest absolute Gasteiger partial charge is 0.456 e. The zero-order valence-electron chi connectivity index (χ0n) is 20.9. The summed E-state index contributed by atoms with van der Waals surface area (Å²) in [6, 6.07) is 3.22. The first-order valence-corrected chi connectivity index (χ1v) is 12.8. The fraction of sp³-hybridized carbons (Fsp3) is 0.536. The lowest BCUT2D eigenvalue weighted by Crippen LogP contribution is -2.37. The molecule has 0 bridgehead atoms. The molecule has 2 aliphatic rings. The predicted molar refractivity (Wildman–Crippen MR) is 136 cm³/mol. The molecule has 1 heterocycles. The second-order valence-electron chi connectivity index (χ2n) is 10.3. The normalized spacial score (nSPS) is 18.3. The third kappa shape index (κ3) is 8.85. The van der Waals surface area contributed by atoms with Gasteiger partial charge in [0.25, 0.3) is 0 Å². The number of hydrogen-bond acceptors (Lipinski definition) is 4. The van der Waals surface area contributed by atoms with Crippen LogP contribution in [-0.4, -0.2) is 48.2 Å². The van der Waals surface area contributed by atoms with Gasteiger partial charge in [0.2, 0.25) is 0 Å². The Kier molecular flexibility index (Phi) is 9.68. The zero-order valence-corrected chi connectivity index (χ0v) is 21.7. The quantitative estimate of drug-likeness (QED) is 0.197. The van der Waals surface area contributed by atoms with Crippen molar-refractivity contribution in [3.05, 3.63) is 70.8 Å². The Morgan fingerprint density at radius 2 is 1.89 bits per heavy atom. The van der Waals surface area contributed by atoms with Gasteiger partial charge in [-0.2, -0.15) is 0 Å². The van der Waals surface area contributed by atoms with Crippen LogP contribution >= 0.6 is 11.6 Å². The van der Waals surface area contributed by atoms with Crippen molar-refractivity contribution >= 4 is 17.6 Å². The molecular weight excluding hydrogens is 472 g/mol. The summed E-state index contributed by atoms with van der Waals surface area (Å²) >= 11 is 5.47. The highest BCUT2D eigenvalue weighted by Crippen LogP contribution is 2.43. The van der Waals surface area contributed by atoms with Crippen molar-refractivity contribution < 1.29 is 23.0 Å². The van der Waals surface area contributed by atoms with Gasteiger partial charge < -0.3 is 9.47 Å². The van der Waals surface area contributed by atoms with E-state index in [9.17, 15) is 13.6 Å². The number of nitrogens with zero attached hydrogens (tertiary/aromatic N) is 1. The standard InChI is InChI=1S/C28H36ClF2NO3/c1-19(5-8-22(30)9-12-29)18-34-23-10-13-32(14-11-23)17-21-15-26(31)25(16-24(21)20-6-7-20)27(33)35-28(2,3)4/h5,8-9,15-16,20,23H,1,6-7,10-14,17-18H2,2-4H3/b8-5-,22-9+. The Labute approximate surface area is 212 Å². The third-order valence-electron chi connectivity index (χ3n) is 6.05. The molecule has 0 N–H and O–H groups in total. The van der Waals surface area contributed by atoms with Crippen molar-refractivity contribution in [3.8, 4) is 0 Å². The van der Waals surface area contributed by atoms with E-state index < -0.39 is 23.2 Å². The van der Waals surface area contributed by atoms with Crippen molar-refractivity contribution in [3.63, 3.8) is 0 Å². The van der Waals surface area contributed by atoms with Crippen LogP contribution in [0.5, 0.6) is 0 Å². The fourth-order valence-corrected chi connectivity index (χ4v) is 4.27. The molecule has 7 heteroatoms. The lowest BCUT2D eigenvalue weighted by molar-refractivity contribution is 0.00640. The Bertz CT molecular complexity index is 971. The van der Waals surface area contributed by atoms with E-state index in [2.05, 4.69) is 11.5 Å². The van der Waals surface area contributed by atoms with Crippen LogP contribution in [0.15, 0.2) is 48.3 Å². The molecule has 1 aromatic rings. The lowest BCUT2D eigenvalue weighted by atomic mass is 9.97. The molecule has 1 saturated heterocycles. The minimum Gasteiger partial charge on any atom is -0.456 e. The van der Waals surface area contributed by atoms with Gasteiger partial charge in [-0.25, -0.2) is 13.6 Å². The monoisotopic (exact) mass is 507 g/mol. The Morgan fingerprint density at radius 1 is 1.20 bits per heavy atom. The molecule has 0 unspecified atom stereocenters. The summed E-state index contributed by atoms with van der Waals surface area (Å²) in [4.78, 5) is 14.8. The molecule has 2 fully saturated rings. The van der Waals surface area contributed by atoms with Gasteiger partial charge >= 0.3 is 5.97 Å². The zero-order chi connectivity index (χ0) is 25.6. The number of allylic oxidation sites excluding steroid dienone is 3. The van der Waals surface area contributed by atoms with E-state index in [4.69, 9.17) is 21.1 Å². The number of halogens is 3. The first-order valence-electron chi connectivity index (χ1n) is 12.2. The summed E-state index contributed by atoms with van der Waals surface area (Å²) < 4.78 is 39.6. The number of ether oxygens (including phenoxy) is 2. The maximum atomic E-state index is 14.9. The van der Waals surface area contributed by atoms with Crippen molar-refractivity contribution in [2.75, 3.05) is 25.6 Å². The van der Waals surface area contributed by atoms with Crippen LogP contribution < -0.4 is 0 Å². The highest BCUT2D eigenvalue weighted by molar-refractivity contribution is 6.18. The highest BCUT2D eigenvalue weighted by Gasteiger charge is 2.31. The van der Waals surface area contributed by atoms with Crippen molar-refractivity contribution in [2.24, 2.45) is 0 Å². The van der Waals surface area contributed by atoms with Gasteiger partial charge in [-0.05, 0) is 93.4 Å². The van der Waals surface area contributed by atoms with Gasteiger partial charge in [-0.3, -0.25) is 4.90 Å². The topological polar surface area (TPSA) is 38.8 Å². The van der Waals surface area contributed by atoms with E-state index in [-0.39, 0.29) is 17.5 Å². The smallest absolute Gasteiger partial charge is 0.341 e. The van der Waals surface area contributed by atoms with Crippen LogP contribution in [0.25, 0.3) is 0 Å². The summed E-state index contributed by atoms with van der Waals surface area (Å²) in [5, 5.41) is 0. The second kappa shape index (κ2) is 12.3. The van der Waals surface area contributed by atoms with Gasteiger partial charge in [-0.1, -0.05) is 12.7 Å². The predicted octanol–water partition coefficient (Wildman–Crippen LogP) is 6.84. The first-order chi connectivity index (χ1) is 16.6.